The van der Waals surface area contributed by atoms with Gasteiger partial charge in [0.1, 0.15) is 5.82 Å². The molecule has 1 aliphatic carbocycles. The Labute approximate surface area is 95.7 Å². The fourth-order valence-electron chi connectivity index (χ4n) is 2.10. The van der Waals surface area contributed by atoms with Crippen LogP contribution in [-0.2, 0) is 5.75 Å². The largest absolute Gasteiger partial charge is 0.384 e. The SMILES string of the molecule is Nc1cc(CSCC2CCCC2)ccn1. The number of nitrogens with two attached hydrogens (primary N) is 1. The minimum atomic E-state index is 0.633. The highest BCUT2D eigenvalue weighted by Gasteiger charge is 2.14. The van der Waals surface area contributed by atoms with Crippen LogP contribution < -0.4 is 5.73 Å². The van der Waals surface area contributed by atoms with Crippen molar-refractivity contribution in [3.63, 3.8) is 0 Å². The van der Waals surface area contributed by atoms with Gasteiger partial charge in [0.05, 0.1) is 0 Å². The van der Waals surface area contributed by atoms with Crippen LogP contribution in [0, 0.1) is 5.92 Å². The molecule has 3 heteroatoms. The van der Waals surface area contributed by atoms with Gasteiger partial charge in [-0.25, -0.2) is 4.98 Å². The number of aromatic nitrogens is 1. The third-order valence-electron chi connectivity index (χ3n) is 2.94. The van der Waals surface area contributed by atoms with E-state index in [9.17, 15) is 0 Å². The zero-order valence-corrected chi connectivity index (χ0v) is 9.80. The first-order chi connectivity index (χ1) is 7.34. The predicted molar refractivity (Wildman–Crippen MR) is 66.8 cm³/mol. The fourth-order valence-corrected chi connectivity index (χ4v) is 3.30. The molecule has 1 aromatic rings. The van der Waals surface area contributed by atoms with Gasteiger partial charge in [0.15, 0.2) is 0 Å². The highest BCUT2D eigenvalue weighted by atomic mass is 32.2. The molecule has 1 aromatic heterocycles. The van der Waals surface area contributed by atoms with Crippen molar-refractivity contribution in [3.8, 4) is 0 Å². The lowest BCUT2D eigenvalue weighted by atomic mass is 10.1. The number of hydrogen-bond acceptors (Lipinski definition) is 3. The minimum Gasteiger partial charge on any atom is -0.384 e. The third-order valence-corrected chi connectivity index (χ3v) is 4.19. The number of pyridine rings is 1. The van der Waals surface area contributed by atoms with Crippen LogP contribution >= 0.6 is 11.8 Å². The molecule has 0 amide bonds. The van der Waals surface area contributed by atoms with Gasteiger partial charge in [-0.3, -0.25) is 0 Å². The molecule has 2 nitrogen and oxygen atoms in total. The smallest absolute Gasteiger partial charge is 0.123 e. The van der Waals surface area contributed by atoms with E-state index in [2.05, 4.69) is 11.1 Å². The molecule has 2 N–H and O–H groups in total. The molecule has 0 spiro atoms. The zero-order chi connectivity index (χ0) is 10.5. The van der Waals surface area contributed by atoms with E-state index in [1.54, 1.807) is 6.20 Å². The lowest BCUT2D eigenvalue weighted by molar-refractivity contribution is 0.623. The summed E-state index contributed by atoms with van der Waals surface area (Å²) in [6.07, 6.45) is 7.54. The van der Waals surface area contributed by atoms with E-state index >= 15 is 0 Å². The van der Waals surface area contributed by atoms with E-state index in [4.69, 9.17) is 5.73 Å². The lowest BCUT2D eigenvalue weighted by Gasteiger charge is -2.08. The van der Waals surface area contributed by atoms with E-state index in [1.807, 2.05) is 17.8 Å². The Hall–Kier alpha value is -0.700. The van der Waals surface area contributed by atoms with Crippen LogP contribution in [0.15, 0.2) is 18.3 Å². The molecule has 2 rings (SSSR count). The monoisotopic (exact) mass is 222 g/mol. The van der Waals surface area contributed by atoms with Crippen molar-refractivity contribution in [2.24, 2.45) is 5.92 Å². The predicted octanol–water partition coefficient (Wildman–Crippen LogP) is 3.09. The maximum absolute atomic E-state index is 5.63. The van der Waals surface area contributed by atoms with Crippen LogP contribution in [0.25, 0.3) is 0 Å². The number of hydrogen-bond donors (Lipinski definition) is 1. The highest BCUT2D eigenvalue weighted by Crippen LogP contribution is 2.29. The Morgan fingerprint density at radius 3 is 2.93 bits per heavy atom. The molecule has 15 heavy (non-hydrogen) atoms. The van der Waals surface area contributed by atoms with Crippen LogP contribution in [0.1, 0.15) is 31.2 Å². The Bertz CT molecular complexity index is 308. The summed E-state index contributed by atoms with van der Waals surface area (Å²) in [5, 5.41) is 0. The summed E-state index contributed by atoms with van der Waals surface area (Å²) in [5.74, 6) is 3.98. The Balaban J connectivity index is 1.73. The van der Waals surface area contributed by atoms with Crippen LogP contribution in [0.3, 0.4) is 0 Å². The molecule has 0 bridgehead atoms. The van der Waals surface area contributed by atoms with Gasteiger partial charge in [-0.15, -0.1) is 0 Å². The average Bonchev–Trinajstić information content (AvgIpc) is 2.71. The fraction of sp³-hybridized carbons (Fsp3) is 0.583. The van der Waals surface area contributed by atoms with Gasteiger partial charge in [0, 0.05) is 11.9 Å². The molecule has 1 saturated carbocycles. The van der Waals surface area contributed by atoms with Crippen molar-refractivity contribution in [2.45, 2.75) is 31.4 Å². The van der Waals surface area contributed by atoms with Crippen molar-refractivity contribution in [1.29, 1.82) is 0 Å². The van der Waals surface area contributed by atoms with Gasteiger partial charge in [-0.05, 0) is 42.2 Å². The lowest BCUT2D eigenvalue weighted by Crippen LogP contribution is -1.97. The molecule has 82 valence electrons. The van der Waals surface area contributed by atoms with E-state index in [0.717, 1.165) is 11.7 Å². The van der Waals surface area contributed by atoms with Crippen molar-refractivity contribution in [2.75, 3.05) is 11.5 Å². The van der Waals surface area contributed by atoms with Gasteiger partial charge < -0.3 is 5.73 Å². The number of anilines is 1. The quantitative estimate of drug-likeness (QED) is 0.851. The maximum Gasteiger partial charge on any atom is 0.123 e. The molecule has 0 saturated heterocycles. The van der Waals surface area contributed by atoms with E-state index in [0.29, 0.717) is 5.82 Å². The van der Waals surface area contributed by atoms with Gasteiger partial charge in [-0.2, -0.15) is 11.8 Å². The molecule has 0 radical (unpaired) electrons. The normalized spacial score (nSPS) is 17.1. The second-order valence-corrected chi connectivity index (χ2v) is 5.28. The van der Waals surface area contributed by atoms with Crippen molar-refractivity contribution < 1.29 is 0 Å². The summed E-state index contributed by atoms with van der Waals surface area (Å²) in [6, 6.07) is 4.03. The molecular formula is C12H18N2S. The van der Waals surface area contributed by atoms with E-state index in [-0.39, 0.29) is 0 Å². The first-order valence-corrected chi connectivity index (χ1v) is 6.78. The number of nitrogen functional groups attached to an aromatic ring is 1. The highest BCUT2D eigenvalue weighted by molar-refractivity contribution is 7.98. The number of thioether (sulfide) groups is 1. The Morgan fingerprint density at radius 2 is 2.20 bits per heavy atom. The van der Waals surface area contributed by atoms with Gasteiger partial charge >= 0.3 is 0 Å². The van der Waals surface area contributed by atoms with E-state index in [1.165, 1.54) is 37.0 Å². The summed E-state index contributed by atoms with van der Waals surface area (Å²) < 4.78 is 0. The summed E-state index contributed by atoms with van der Waals surface area (Å²) >= 11 is 2.03. The molecule has 0 aromatic carbocycles. The van der Waals surface area contributed by atoms with Crippen LogP contribution in [0.4, 0.5) is 5.82 Å². The topological polar surface area (TPSA) is 38.9 Å². The molecular weight excluding hydrogens is 204 g/mol. The third kappa shape index (κ3) is 3.42. The Morgan fingerprint density at radius 1 is 1.40 bits per heavy atom. The molecule has 0 aliphatic heterocycles. The van der Waals surface area contributed by atoms with Crippen LogP contribution in [0.2, 0.25) is 0 Å². The van der Waals surface area contributed by atoms with Crippen molar-refractivity contribution in [3.05, 3.63) is 23.9 Å². The summed E-state index contributed by atoms with van der Waals surface area (Å²) in [7, 11) is 0. The molecule has 1 aliphatic rings. The van der Waals surface area contributed by atoms with Gasteiger partial charge in [0.25, 0.3) is 0 Å². The van der Waals surface area contributed by atoms with Gasteiger partial charge in [0.2, 0.25) is 0 Å². The second kappa shape index (κ2) is 5.40. The van der Waals surface area contributed by atoms with Crippen molar-refractivity contribution in [1.82, 2.24) is 4.98 Å². The number of rotatable bonds is 4. The van der Waals surface area contributed by atoms with Crippen molar-refractivity contribution >= 4 is 17.6 Å². The molecule has 0 unspecified atom stereocenters. The first kappa shape index (κ1) is 10.8. The first-order valence-electron chi connectivity index (χ1n) is 5.63. The van der Waals surface area contributed by atoms with Crippen LogP contribution in [0.5, 0.6) is 0 Å². The molecule has 0 atom stereocenters. The van der Waals surface area contributed by atoms with Crippen LogP contribution in [-0.4, -0.2) is 10.7 Å². The standard InChI is InChI=1S/C12H18N2S/c13-12-7-11(5-6-14-12)9-15-8-10-3-1-2-4-10/h5-7,10H,1-4,8-9H2,(H2,13,14). The maximum atomic E-state index is 5.63. The van der Waals surface area contributed by atoms with Gasteiger partial charge in [-0.1, -0.05) is 12.8 Å². The second-order valence-electron chi connectivity index (χ2n) is 4.25. The Kier molecular flexibility index (Phi) is 3.89. The zero-order valence-electron chi connectivity index (χ0n) is 8.98. The summed E-state index contributed by atoms with van der Waals surface area (Å²) in [6.45, 7) is 0. The number of nitrogens with zero attached hydrogens (tertiary/aromatic N) is 1. The minimum absolute atomic E-state index is 0.633. The summed E-state index contributed by atoms with van der Waals surface area (Å²) in [5.41, 5.74) is 6.93. The summed E-state index contributed by atoms with van der Waals surface area (Å²) in [4.78, 5) is 3.99. The molecule has 1 heterocycles. The molecule has 1 fully saturated rings. The van der Waals surface area contributed by atoms with E-state index < -0.39 is 0 Å². The average molecular weight is 222 g/mol.